The van der Waals surface area contributed by atoms with Crippen molar-refractivity contribution in [3.63, 3.8) is 0 Å². The van der Waals surface area contributed by atoms with Gasteiger partial charge in [-0.1, -0.05) is 56.3 Å². The first-order valence-corrected chi connectivity index (χ1v) is 7.20. The van der Waals surface area contributed by atoms with E-state index in [-0.39, 0.29) is 11.4 Å². The van der Waals surface area contributed by atoms with Gasteiger partial charge in [0.05, 0.1) is 5.66 Å². The van der Waals surface area contributed by atoms with Crippen LogP contribution in [-0.4, -0.2) is 24.5 Å². The highest BCUT2D eigenvalue weighted by molar-refractivity contribution is 6.10. The molecule has 106 valence electrons. The molecule has 0 fully saturated rings. The van der Waals surface area contributed by atoms with Crippen molar-refractivity contribution >= 4 is 5.78 Å². The van der Waals surface area contributed by atoms with Crippen LogP contribution >= 0.6 is 0 Å². The van der Waals surface area contributed by atoms with Crippen LogP contribution in [0.15, 0.2) is 54.1 Å². The molecule has 0 aliphatic heterocycles. The van der Waals surface area contributed by atoms with Gasteiger partial charge in [-0.15, -0.1) is 0 Å². The minimum absolute atomic E-state index is 0.0865. The van der Waals surface area contributed by atoms with E-state index in [9.17, 15) is 4.79 Å². The second-order valence-corrected chi connectivity index (χ2v) is 4.92. The summed E-state index contributed by atoms with van der Waals surface area (Å²) in [6, 6.07) is 9.41. The van der Waals surface area contributed by atoms with E-state index in [4.69, 9.17) is 0 Å². The number of carbonyl (C=O) groups is 1. The molecule has 1 aliphatic carbocycles. The first-order valence-electron chi connectivity index (χ1n) is 7.20. The molecule has 0 heterocycles. The Hall–Kier alpha value is -1.71. The van der Waals surface area contributed by atoms with Crippen LogP contribution in [0.1, 0.15) is 30.6 Å². The van der Waals surface area contributed by atoms with Crippen molar-refractivity contribution in [3.8, 4) is 0 Å². The maximum Gasteiger partial charge on any atom is 0.192 e. The van der Waals surface area contributed by atoms with Gasteiger partial charge in [0.1, 0.15) is 0 Å². The number of likely N-dealkylation sites (N-methyl/N-ethyl adjacent to an activating group) is 2. The number of Topliss-reactive ketones (excluding diaryl/α,β-unsaturated/α-hetero) is 1. The number of rotatable bonds is 6. The van der Waals surface area contributed by atoms with E-state index in [0.717, 1.165) is 30.6 Å². The molecule has 0 unspecified atom stereocenters. The summed E-state index contributed by atoms with van der Waals surface area (Å²) in [4.78, 5) is 12.4. The maximum atomic E-state index is 12.4. The van der Waals surface area contributed by atoms with Crippen molar-refractivity contribution < 1.29 is 4.79 Å². The summed E-state index contributed by atoms with van der Waals surface area (Å²) in [7, 11) is 0. The van der Waals surface area contributed by atoms with Crippen molar-refractivity contribution in [1.29, 1.82) is 0 Å². The smallest absolute Gasteiger partial charge is 0.192 e. The number of ketones is 1. The maximum absolute atomic E-state index is 12.4. The molecule has 0 atom stereocenters. The summed E-state index contributed by atoms with van der Waals surface area (Å²) in [5, 5.41) is 6.89. The number of allylic oxidation sites excluding steroid dienone is 2. The molecule has 0 spiro atoms. The molecule has 1 aliphatic rings. The fraction of sp³-hybridized carbons (Fsp3) is 0.353. The Bertz CT molecular complexity index is 511. The van der Waals surface area contributed by atoms with Crippen molar-refractivity contribution in [2.24, 2.45) is 0 Å². The molecule has 1 aromatic carbocycles. The lowest BCUT2D eigenvalue weighted by atomic mass is 9.92. The minimum Gasteiger partial charge on any atom is -0.296 e. The van der Waals surface area contributed by atoms with Crippen LogP contribution in [0.25, 0.3) is 0 Å². The molecule has 2 rings (SSSR count). The average Bonchev–Trinajstić information content (AvgIpc) is 2.49. The zero-order valence-corrected chi connectivity index (χ0v) is 12.1. The summed E-state index contributed by atoms with van der Waals surface area (Å²) < 4.78 is 0. The highest BCUT2D eigenvalue weighted by Crippen LogP contribution is 2.21. The van der Waals surface area contributed by atoms with Crippen LogP contribution in [0.4, 0.5) is 0 Å². The van der Waals surface area contributed by atoms with Crippen LogP contribution in [-0.2, 0) is 0 Å². The molecule has 3 heteroatoms. The van der Waals surface area contributed by atoms with Crippen molar-refractivity contribution in [1.82, 2.24) is 10.6 Å². The lowest BCUT2D eigenvalue weighted by molar-refractivity contribution is 0.103. The van der Waals surface area contributed by atoms with Crippen LogP contribution < -0.4 is 10.6 Å². The van der Waals surface area contributed by atoms with E-state index >= 15 is 0 Å². The molecule has 1 aromatic rings. The van der Waals surface area contributed by atoms with Gasteiger partial charge in [0.25, 0.3) is 0 Å². The Balaban J connectivity index is 2.13. The molecule has 20 heavy (non-hydrogen) atoms. The van der Waals surface area contributed by atoms with Gasteiger partial charge in [0.2, 0.25) is 0 Å². The lowest BCUT2D eigenvalue weighted by Crippen LogP contribution is -2.55. The van der Waals surface area contributed by atoms with Crippen molar-refractivity contribution in [3.05, 3.63) is 59.7 Å². The van der Waals surface area contributed by atoms with Crippen LogP contribution in [0.2, 0.25) is 0 Å². The van der Waals surface area contributed by atoms with Crippen LogP contribution in [0.3, 0.4) is 0 Å². The summed E-state index contributed by atoms with van der Waals surface area (Å²) in [6.07, 6.45) is 6.78. The van der Waals surface area contributed by atoms with Gasteiger partial charge in [-0.05, 0) is 19.2 Å². The Morgan fingerprint density at radius 1 is 1.15 bits per heavy atom. The van der Waals surface area contributed by atoms with Crippen LogP contribution in [0, 0.1) is 0 Å². The summed E-state index contributed by atoms with van der Waals surface area (Å²) in [5.74, 6) is 0.0865. The normalized spacial score (nSPS) is 16.8. The fourth-order valence-corrected chi connectivity index (χ4v) is 2.52. The van der Waals surface area contributed by atoms with Gasteiger partial charge in [-0.2, -0.15) is 0 Å². The second kappa shape index (κ2) is 6.64. The van der Waals surface area contributed by atoms with E-state index in [2.05, 4.69) is 30.6 Å². The Morgan fingerprint density at radius 3 is 2.30 bits per heavy atom. The summed E-state index contributed by atoms with van der Waals surface area (Å²) in [5.41, 5.74) is 1.29. The number of hydrogen-bond donors (Lipinski definition) is 2. The quantitative estimate of drug-likeness (QED) is 0.617. The fourth-order valence-electron chi connectivity index (χ4n) is 2.52. The predicted molar refractivity (Wildman–Crippen MR) is 82.7 cm³/mol. The van der Waals surface area contributed by atoms with Crippen molar-refractivity contribution in [2.45, 2.75) is 25.9 Å². The molecule has 3 nitrogen and oxygen atoms in total. The highest BCUT2D eigenvalue weighted by atomic mass is 16.1. The Labute approximate surface area is 120 Å². The molecule has 0 saturated heterocycles. The second-order valence-electron chi connectivity index (χ2n) is 4.92. The van der Waals surface area contributed by atoms with E-state index in [1.807, 2.05) is 42.5 Å². The first-order chi connectivity index (χ1) is 9.71. The van der Waals surface area contributed by atoms with Crippen molar-refractivity contribution in [2.75, 3.05) is 13.1 Å². The SMILES string of the molecule is CCNC1(NCC)C=CC(C(=O)c2ccccc2)=CC1. The number of carbonyl (C=O) groups excluding carboxylic acids is 1. The summed E-state index contributed by atoms with van der Waals surface area (Å²) in [6.45, 7) is 5.93. The number of benzene rings is 1. The molecule has 0 bridgehead atoms. The minimum atomic E-state index is -0.218. The zero-order valence-electron chi connectivity index (χ0n) is 12.1. The van der Waals surface area contributed by atoms with E-state index < -0.39 is 0 Å². The van der Waals surface area contributed by atoms with Gasteiger partial charge in [0, 0.05) is 17.6 Å². The molecular formula is C17H22N2O. The van der Waals surface area contributed by atoms with Gasteiger partial charge in [-0.25, -0.2) is 0 Å². The third-order valence-electron chi connectivity index (χ3n) is 3.47. The largest absolute Gasteiger partial charge is 0.296 e. The van der Waals surface area contributed by atoms with Crippen LogP contribution in [0.5, 0.6) is 0 Å². The number of nitrogens with one attached hydrogen (secondary N) is 2. The molecule has 2 N–H and O–H groups in total. The Morgan fingerprint density at radius 2 is 1.80 bits per heavy atom. The zero-order chi connectivity index (χ0) is 14.4. The topological polar surface area (TPSA) is 41.1 Å². The first kappa shape index (κ1) is 14.7. The third kappa shape index (κ3) is 3.24. The Kier molecular flexibility index (Phi) is 4.88. The van der Waals surface area contributed by atoms with Gasteiger partial charge in [0.15, 0.2) is 5.78 Å². The predicted octanol–water partition coefficient (Wildman–Crippen LogP) is 2.67. The molecule has 0 radical (unpaired) electrons. The van der Waals surface area contributed by atoms with Gasteiger partial charge >= 0.3 is 0 Å². The van der Waals surface area contributed by atoms with E-state index in [0.29, 0.717) is 0 Å². The summed E-state index contributed by atoms with van der Waals surface area (Å²) >= 11 is 0. The molecule has 0 aromatic heterocycles. The molecular weight excluding hydrogens is 248 g/mol. The molecule has 0 amide bonds. The standard InChI is InChI=1S/C17H22N2O/c1-3-18-17(19-4-2)12-10-15(11-13-17)16(20)14-8-6-5-7-9-14/h5-12,18-19H,3-4,13H2,1-2H3. The van der Waals surface area contributed by atoms with E-state index in [1.165, 1.54) is 0 Å². The number of hydrogen-bond acceptors (Lipinski definition) is 3. The lowest BCUT2D eigenvalue weighted by Gasteiger charge is -2.34. The monoisotopic (exact) mass is 270 g/mol. The van der Waals surface area contributed by atoms with Gasteiger partial charge < -0.3 is 0 Å². The van der Waals surface area contributed by atoms with Gasteiger partial charge in [-0.3, -0.25) is 15.4 Å². The average molecular weight is 270 g/mol. The highest BCUT2D eigenvalue weighted by Gasteiger charge is 2.27. The molecule has 0 saturated carbocycles. The third-order valence-corrected chi connectivity index (χ3v) is 3.47. The van der Waals surface area contributed by atoms with E-state index in [1.54, 1.807) is 0 Å².